The zero-order valence-corrected chi connectivity index (χ0v) is 12.3. The molecule has 3 nitrogen and oxygen atoms in total. The van der Waals surface area contributed by atoms with Gasteiger partial charge in [0.15, 0.2) is 4.67 Å². The zero-order valence-electron chi connectivity index (χ0n) is 10.7. The van der Waals surface area contributed by atoms with Gasteiger partial charge in [-0.05, 0) is 47.1 Å². The Bertz CT molecular complexity index is 489. The molecule has 0 saturated heterocycles. The van der Waals surface area contributed by atoms with Crippen molar-refractivity contribution in [2.24, 2.45) is 0 Å². The van der Waals surface area contributed by atoms with Crippen molar-refractivity contribution in [2.75, 3.05) is 6.54 Å². The van der Waals surface area contributed by atoms with Crippen molar-refractivity contribution in [3.05, 3.63) is 46.2 Å². The van der Waals surface area contributed by atoms with Crippen LogP contribution >= 0.6 is 15.9 Å². The number of halogens is 1. The van der Waals surface area contributed by atoms with Crippen LogP contribution in [0.1, 0.15) is 43.4 Å². The minimum atomic E-state index is 0.0402. The average Bonchev–Trinajstić information content (AvgIpc) is 3.00. The van der Waals surface area contributed by atoms with Crippen LogP contribution in [0.25, 0.3) is 0 Å². The molecule has 0 aliphatic heterocycles. The molecule has 1 atom stereocenters. The number of hydrogen-bond acceptors (Lipinski definition) is 3. The van der Waals surface area contributed by atoms with E-state index in [1.165, 1.54) is 0 Å². The fourth-order valence-corrected chi connectivity index (χ4v) is 2.37. The smallest absolute Gasteiger partial charge is 0.174 e. The lowest BCUT2D eigenvalue weighted by atomic mass is 10.1. The number of nitrogens with one attached hydrogen (secondary N) is 1. The second-order valence-electron chi connectivity index (χ2n) is 4.19. The molecule has 98 valence electrons. The van der Waals surface area contributed by atoms with Crippen molar-refractivity contribution in [2.45, 2.75) is 32.7 Å². The van der Waals surface area contributed by atoms with Gasteiger partial charge < -0.3 is 14.2 Å². The van der Waals surface area contributed by atoms with Gasteiger partial charge in [-0.25, -0.2) is 0 Å². The SMILES string of the molecule is CCCNC(c1ccc(CC)o1)c1ccoc1Br. The van der Waals surface area contributed by atoms with Crippen LogP contribution in [0.5, 0.6) is 0 Å². The zero-order chi connectivity index (χ0) is 13.0. The molecule has 0 aliphatic carbocycles. The maximum absolute atomic E-state index is 5.85. The molecule has 1 unspecified atom stereocenters. The summed E-state index contributed by atoms with van der Waals surface area (Å²) in [5.74, 6) is 1.94. The minimum absolute atomic E-state index is 0.0402. The summed E-state index contributed by atoms with van der Waals surface area (Å²) in [5.41, 5.74) is 1.07. The van der Waals surface area contributed by atoms with E-state index in [0.29, 0.717) is 0 Å². The standard InChI is InChI=1S/C14H18BrNO2/c1-3-8-16-13(11-7-9-17-14(11)15)12-6-5-10(4-2)18-12/h5-7,9,13,16H,3-4,8H2,1-2H3. The van der Waals surface area contributed by atoms with Crippen LogP contribution < -0.4 is 5.32 Å². The lowest BCUT2D eigenvalue weighted by Gasteiger charge is -2.15. The van der Waals surface area contributed by atoms with Crippen LogP contribution in [-0.2, 0) is 6.42 Å². The van der Waals surface area contributed by atoms with Crippen LogP contribution in [0.15, 0.2) is 38.0 Å². The first kappa shape index (κ1) is 13.4. The molecule has 2 heterocycles. The monoisotopic (exact) mass is 311 g/mol. The molecule has 0 spiro atoms. The normalized spacial score (nSPS) is 12.8. The summed E-state index contributed by atoms with van der Waals surface area (Å²) >= 11 is 3.43. The quantitative estimate of drug-likeness (QED) is 0.865. The van der Waals surface area contributed by atoms with Gasteiger partial charge in [0, 0.05) is 12.0 Å². The minimum Gasteiger partial charge on any atom is -0.464 e. The predicted octanol–water partition coefficient (Wildman–Crippen LogP) is 4.29. The van der Waals surface area contributed by atoms with Crippen molar-refractivity contribution in [1.82, 2.24) is 5.32 Å². The van der Waals surface area contributed by atoms with E-state index < -0.39 is 0 Å². The van der Waals surface area contributed by atoms with Gasteiger partial charge in [0.1, 0.15) is 11.5 Å². The molecule has 0 amide bonds. The lowest BCUT2D eigenvalue weighted by molar-refractivity contribution is 0.417. The molecule has 2 aromatic heterocycles. The number of hydrogen-bond donors (Lipinski definition) is 1. The molecule has 2 aromatic rings. The van der Waals surface area contributed by atoms with Crippen LogP contribution in [0.2, 0.25) is 0 Å². The van der Waals surface area contributed by atoms with E-state index in [-0.39, 0.29) is 6.04 Å². The largest absolute Gasteiger partial charge is 0.464 e. The first-order valence-corrected chi connectivity index (χ1v) is 7.10. The molecular weight excluding hydrogens is 294 g/mol. The Morgan fingerprint density at radius 2 is 2.11 bits per heavy atom. The topological polar surface area (TPSA) is 38.3 Å². The Labute approximate surface area is 116 Å². The highest BCUT2D eigenvalue weighted by Crippen LogP contribution is 2.30. The fraction of sp³-hybridized carbons (Fsp3) is 0.429. The molecule has 18 heavy (non-hydrogen) atoms. The van der Waals surface area contributed by atoms with E-state index in [4.69, 9.17) is 8.83 Å². The summed E-state index contributed by atoms with van der Waals surface area (Å²) in [6.45, 7) is 5.17. The molecule has 0 saturated carbocycles. The summed E-state index contributed by atoms with van der Waals surface area (Å²) in [7, 11) is 0. The molecule has 0 fully saturated rings. The fourth-order valence-electron chi connectivity index (χ4n) is 1.90. The van der Waals surface area contributed by atoms with Crippen molar-refractivity contribution < 1.29 is 8.83 Å². The van der Waals surface area contributed by atoms with Crippen molar-refractivity contribution in [1.29, 1.82) is 0 Å². The molecule has 0 aromatic carbocycles. The van der Waals surface area contributed by atoms with E-state index in [1.54, 1.807) is 6.26 Å². The Kier molecular flexibility index (Phi) is 4.66. The van der Waals surface area contributed by atoms with Gasteiger partial charge in [0.25, 0.3) is 0 Å². The second-order valence-corrected chi connectivity index (χ2v) is 4.91. The summed E-state index contributed by atoms with van der Waals surface area (Å²) in [6, 6.07) is 6.07. The third kappa shape index (κ3) is 2.87. The molecular formula is C14H18BrNO2. The molecule has 1 N–H and O–H groups in total. The first-order chi connectivity index (χ1) is 8.76. The molecule has 2 rings (SSSR count). The number of rotatable bonds is 6. The Morgan fingerprint density at radius 3 is 2.67 bits per heavy atom. The van der Waals surface area contributed by atoms with Gasteiger partial charge in [0.05, 0.1) is 12.3 Å². The van der Waals surface area contributed by atoms with Crippen molar-refractivity contribution in [3.8, 4) is 0 Å². The number of furan rings is 2. The van der Waals surface area contributed by atoms with Crippen molar-refractivity contribution in [3.63, 3.8) is 0 Å². The van der Waals surface area contributed by atoms with Gasteiger partial charge in [-0.3, -0.25) is 0 Å². The molecule has 4 heteroatoms. The van der Waals surface area contributed by atoms with E-state index in [2.05, 4.69) is 35.1 Å². The second kappa shape index (κ2) is 6.25. The van der Waals surface area contributed by atoms with Crippen LogP contribution in [-0.4, -0.2) is 6.54 Å². The summed E-state index contributed by atoms with van der Waals surface area (Å²) < 4.78 is 11.9. The maximum Gasteiger partial charge on any atom is 0.174 e. The maximum atomic E-state index is 5.85. The summed E-state index contributed by atoms with van der Waals surface area (Å²) in [4.78, 5) is 0. The third-order valence-electron chi connectivity index (χ3n) is 2.87. The van der Waals surface area contributed by atoms with E-state index >= 15 is 0 Å². The predicted molar refractivity (Wildman–Crippen MR) is 74.6 cm³/mol. The van der Waals surface area contributed by atoms with Gasteiger partial charge in [0.2, 0.25) is 0 Å². The highest BCUT2D eigenvalue weighted by Gasteiger charge is 2.21. The van der Waals surface area contributed by atoms with Crippen LogP contribution in [0.3, 0.4) is 0 Å². The molecule has 0 radical (unpaired) electrons. The summed E-state index contributed by atoms with van der Waals surface area (Å²) in [5, 5.41) is 3.48. The Hall–Kier alpha value is -1.00. The average molecular weight is 312 g/mol. The summed E-state index contributed by atoms with van der Waals surface area (Å²) in [6.07, 6.45) is 3.67. The van der Waals surface area contributed by atoms with E-state index in [1.807, 2.05) is 18.2 Å². The highest BCUT2D eigenvalue weighted by molar-refractivity contribution is 9.10. The third-order valence-corrected chi connectivity index (χ3v) is 3.52. The van der Waals surface area contributed by atoms with Crippen LogP contribution in [0, 0.1) is 0 Å². The van der Waals surface area contributed by atoms with Crippen LogP contribution in [0.4, 0.5) is 0 Å². The van der Waals surface area contributed by atoms with Crippen molar-refractivity contribution >= 4 is 15.9 Å². The van der Waals surface area contributed by atoms with E-state index in [9.17, 15) is 0 Å². The van der Waals surface area contributed by atoms with Gasteiger partial charge in [-0.1, -0.05) is 13.8 Å². The Morgan fingerprint density at radius 1 is 1.28 bits per heavy atom. The van der Waals surface area contributed by atoms with Gasteiger partial charge in [-0.2, -0.15) is 0 Å². The van der Waals surface area contributed by atoms with E-state index in [0.717, 1.165) is 41.1 Å². The first-order valence-electron chi connectivity index (χ1n) is 6.31. The molecule has 0 aliphatic rings. The lowest BCUT2D eigenvalue weighted by Crippen LogP contribution is -2.22. The number of aryl methyl sites for hydroxylation is 1. The van der Waals surface area contributed by atoms with Gasteiger partial charge >= 0.3 is 0 Å². The molecule has 0 bridgehead atoms. The van der Waals surface area contributed by atoms with Gasteiger partial charge in [-0.15, -0.1) is 0 Å². The highest BCUT2D eigenvalue weighted by atomic mass is 79.9. The Balaban J connectivity index is 2.27.